The lowest BCUT2D eigenvalue weighted by molar-refractivity contribution is -0.199. The number of fused-ring (bicyclic) bond motifs is 1. The lowest BCUT2D eigenvalue weighted by Crippen LogP contribution is -2.69. The van der Waals surface area contributed by atoms with Crippen molar-refractivity contribution in [3.8, 4) is 0 Å². The van der Waals surface area contributed by atoms with Crippen LogP contribution >= 0.6 is 0 Å². The predicted octanol–water partition coefficient (Wildman–Crippen LogP) is 5.12. The monoisotopic (exact) mass is 516 g/mol. The van der Waals surface area contributed by atoms with E-state index in [0.717, 1.165) is 22.3 Å². The van der Waals surface area contributed by atoms with Crippen molar-refractivity contribution in [2.75, 3.05) is 0 Å². The average molecular weight is 517 g/mol. The Labute approximate surface area is 227 Å². The van der Waals surface area contributed by atoms with Crippen molar-refractivity contribution in [1.29, 1.82) is 0 Å². The molecule has 0 aromatic heterocycles. The third-order valence-corrected chi connectivity index (χ3v) is 7.88. The van der Waals surface area contributed by atoms with Crippen LogP contribution in [0.25, 0.3) is 5.57 Å². The molecule has 4 aromatic carbocycles. The van der Waals surface area contributed by atoms with E-state index in [1.165, 1.54) is 6.08 Å². The maximum absolute atomic E-state index is 14.1. The van der Waals surface area contributed by atoms with Crippen LogP contribution in [0.5, 0.6) is 0 Å². The number of aliphatic hydroxyl groups is 1. The van der Waals surface area contributed by atoms with Crippen molar-refractivity contribution in [3.05, 3.63) is 150 Å². The summed E-state index contributed by atoms with van der Waals surface area (Å²) in [6, 6.07) is 37.8. The SMILES string of the molecule is O=C1C=C(c2ccccc2)[C@]2(Cc3ccccc3)OC(=O)[C@](O)(Cc3ccccc3)[C@]2(Cc2ccccc2)O1. The summed E-state index contributed by atoms with van der Waals surface area (Å²) in [4.78, 5) is 27.5. The van der Waals surface area contributed by atoms with E-state index in [9.17, 15) is 14.7 Å². The van der Waals surface area contributed by atoms with E-state index in [1.54, 1.807) is 0 Å². The summed E-state index contributed by atoms with van der Waals surface area (Å²) >= 11 is 0. The highest BCUT2D eigenvalue weighted by molar-refractivity contribution is 6.01. The highest BCUT2D eigenvalue weighted by Gasteiger charge is 2.79. The zero-order chi connectivity index (χ0) is 26.9. The summed E-state index contributed by atoms with van der Waals surface area (Å²) in [6.45, 7) is 0. The molecule has 0 spiro atoms. The van der Waals surface area contributed by atoms with E-state index in [-0.39, 0.29) is 19.3 Å². The van der Waals surface area contributed by atoms with Gasteiger partial charge in [0.2, 0.25) is 5.60 Å². The second-order valence-corrected chi connectivity index (χ2v) is 10.2. The Hall–Kier alpha value is -4.48. The van der Waals surface area contributed by atoms with E-state index >= 15 is 0 Å². The van der Waals surface area contributed by atoms with E-state index in [4.69, 9.17) is 9.47 Å². The smallest absolute Gasteiger partial charge is 0.344 e. The first kappa shape index (κ1) is 24.8. The molecule has 0 saturated carbocycles. The van der Waals surface area contributed by atoms with Crippen LogP contribution in [-0.2, 0) is 38.3 Å². The van der Waals surface area contributed by atoms with Gasteiger partial charge in [0, 0.05) is 30.9 Å². The second kappa shape index (κ2) is 9.68. The van der Waals surface area contributed by atoms with Crippen LogP contribution < -0.4 is 0 Å². The molecule has 0 amide bonds. The molecule has 5 nitrogen and oxygen atoms in total. The van der Waals surface area contributed by atoms with Gasteiger partial charge in [-0.1, -0.05) is 121 Å². The Bertz CT molecular complexity index is 1520. The first-order valence-electron chi connectivity index (χ1n) is 13.0. The lowest BCUT2D eigenvalue weighted by atomic mass is 9.61. The zero-order valence-electron chi connectivity index (χ0n) is 21.3. The highest BCUT2D eigenvalue weighted by atomic mass is 16.6. The molecule has 5 heteroatoms. The lowest BCUT2D eigenvalue weighted by Gasteiger charge is -2.50. The van der Waals surface area contributed by atoms with Crippen molar-refractivity contribution in [1.82, 2.24) is 0 Å². The fourth-order valence-electron chi connectivity index (χ4n) is 6.11. The molecule has 0 radical (unpaired) electrons. The third-order valence-electron chi connectivity index (χ3n) is 7.88. The van der Waals surface area contributed by atoms with Gasteiger partial charge in [0.25, 0.3) is 0 Å². The van der Waals surface area contributed by atoms with Gasteiger partial charge in [-0.25, -0.2) is 9.59 Å². The molecule has 194 valence electrons. The van der Waals surface area contributed by atoms with Crippen LogP contribution in [0.2, 0.25) is 0 Å². The normalized spacial score (nSPS) is 25.8. The average Bonchev–Trinajstić information content (AvgIpc) is 3.13. The fourth-order valence-corrected chi connectivity index (χ4v) is 6.11. The van der Waals surface area contributed by atoms with Crippen molar-refractivity contribution >= 4 is 17.5 Å². The van der Waals surface area contributed by atoms with E-state index in [1.807, 2.05) is 121 Å². The van der Waals surface area contributed by atoms with Crippen LogP contribution in [0.15, 0.2) is 127 Å². The molecule has 6 rings (SSSR count). The van der Waals surface area contributed by atoms with Crippen molar-refractivity contribution in [2.45, 2.75) is 36.1 Å². The van der Waals surface area contributed by atoms with Crippen LogP contribution in [0, 0.1) is 0 Å². The molecule has 0 aliphatic carbocycles. The van der Waals surface area contributed by atoms with Crippen molar-refractivity contribution < 1.29 is 24.2 Å². The molecule has 1 N–H and O–H groups in total. The van der Waals surface area contributed by atoms with Gasteiger partial charge < -0.3 is 14.6 Å². The third kappa shape index (κ3) is 4.06. The van der Waals surface area contributed by atoms with E-state index in [2.05, 4.69) is 0 Å². The van der Waals surface area contributed by atoms with Crippen molar-refractivity contribution in [3.63, 3.8) is 0 Å². The van der Waals surface area contributed by atoms with Crippen LogP contribution in [0.1, 0.15) is 22.3 Å². The van der Waals surface area contributed by atoms with Gasteiger partial charge in [0.05, 0.1) is 0 Å². The number of hydrogen-bond acceptors (Lipinski definition) is 5. The Morgan fingerprint density at radius 2 is 1.03 bits per heavy atom. The molecule has 3 atom stereocenters. The van der Waals surface area contributed by atoms with E-state index < -0.39 is 28.7 Å². The van der Waals surface area contributed by atoms with Crippen molar-refractivity contribution in [2.24, 2.45) is 0 Å². The molecule has 1 saturated heterocycles. The topological polar surface area (TPSA) is 72.8 Å². The summed E-state index contributed by atoms with van der Waals surface area (Å²) in [6.07, 6.45) is 1.61. The van der Waals surface area contributed by atoms with Gasteiger partial charge in [0.1, 0.15) is 0 Å². The molecule has 2 heterocycles. The number of carbonyl (C=O) groups is 2. The Balaban J connectivity index is 1.64. The minimum atomic E-state index is -2.16. The van der Waals surface area contributed by atoms with Gasteiger partial charge in [-0.15, -0.1) is 0 Å². The highest BCUT2D eigenvalue weighted by Crippen LogP contribution is 2.58. The van der Waals surface area contributed by atoms with Gasteiger partial charge in [0.15, 0.2) is 11.2 Å². The van der Waals surface area contributed by atoms with Crippen LogP contribution in [-0.4, -0.2) is 33.8 Å². The van der Waals surface area contributed by atoms with Gasteiger partial charge in [-0.05, 0) is 22.3 Å². The summed E-state index contributed by atoms with van der Waals surface area (Å²) < 4.78 is 12.7. The van der Waals surface area contributed by atoms with Gasteiger partial charge >= 0.3 is 11.9 Å². The maximum Gasteiger partial charge on any atom is 0.344 e. The molecule has 0 bridgehead atoms. The quantitative estimate of drug-likeness (QED) is 0.345. The summed E-state index contributed by atoms with van der Waals surface area (Å²) in [7, 11) is 0. The predicted molar refractivity (Wildman–Crippen MR) is 147 cm³/mol. The molecule has 1 fully saturated rings. The summed E-state index contributed by atoms with van der Waals surface area (Å²) in [5, 5.41) is 12.6. The number of hydrogen-bond donors (Lipinski definition) is 1. The zero-order valence-corrected chi connectivity index (χ0v) is 21.3. The fraction of sp³-hybridized carbons (Fsp3) is 0.176. The van der Waals surface area contributed by atoms with Crippen LogP contribution in [0.4, 0.5) is 0 Å². The molecular weight excluding hydrogens is 488 g/mol. The molecule has 2 aliphatic rings. The Morgan fingerprint density at radius 3 is 1.56 bits per heavy atom. The van der Waals surface area contributed by atoms with Gasteiger partial charge in [-0.3, -0.25) is 0 Å². The number of ether oxygens (including phenoxy) is 2. The number of carbonyl (C=O) groups excluding carboxylic acids is 2. The minimum absolute atomic E-state index is 0.0751. The summed E-state index contributed by atoms with van der Waals surface area (Å²) in [5.41, 5.74) is -1.78. The molecule has 39 heavy (non-hydrogen) atoms. The number of esters is 2. The van der Waals surface area contributed by atoms with E-state index in [0.29, 0.717) is 5.57 Å². The molecule has 0 unspecified atom stereocenters. The first-order valence-corrected chi connectivity index (χ1v) is 13.0. The molecular formula is C34H28O5. The minimum Gasteiger partial charge on any atom is -0.447 e. The Kier molecular flexibility index (Phi) is 6.16. The number of benzene rings is 4. The first-order chi connectivity index (χ1) is 19.0. The standard InChI is InChI=1S/C34H28O5/c35-30-21-29(28-19-11-4-12-20-28)33(23-26-15-7-2-8-16-26)34(38-30,24-27-17-9-3-10-18-27)32(37,31(36)39-33)22-25-13-5-1-6-14-25/h1-21,37H,22-24H2/t32-,33+,34+/m1/s1. The molecule has 2 aliphatic heterocycles. The molecule has 4 aromatic rings. The largest absolute Gasteiger partial charge is 0.447 e. The number of rotatable bonds is 7. The summed E-state index contributed by atoms with van der Waals surface area (Å²) in [5.74, 6) is -1.44. The van der Waals surface area contributed by atoms with Crippen LogP contribution in [0.3, 0.4) is 0 Å². The Morgan fingerprint density at radius 1 is 0.564 bits per heavy atom. The second-order valence-electron chi connectivity index (χ2n) is 10.2. The maximum atomic E-state index is 14.1. The van der Waals surface area contributed by atoms with Gasteiger partial charge in [-0.2, -0.15) is 0 Å².